The fraction of sp³-hybridized carbons (Fsp3) is 0.304. The number of nitrogens with zero attached hydrogens (tertiary/aromatic N) is 1. The standard InChI is InChI=1S/C23H23BrN4O5S/c24-15-5-6-18-17(11-15)21(20(27-18)22(25)29)34(31,32)28-7-8-33-19(12-28)23(30)26-16-9-13-3-1-2-4-14(13)10-16/h1-6,11,16,19,27H,7-10,12H2,(H2,25,29)(H,26,30). The molecule has 11 heteroatoms. The van der Waals surface area contributed by atoms with Crippen LogP contribution in [-0.2, 0) is 32.4 Å². The Balaban J connectivity index is 1.37. The number of ether oxygens (including phenoxy) is 1. The minimum atomic E-state index is -4.15. The van der Waals surface area contributed by atoms with Gasteiger partial charge >= 0.3 is 0 Å². The zero-order valence-corrected chi connectivity index (χ0v) is 20.5. The first kappa shape index (κ1) is 23.0. The molecule has 1 unspecified atom stereocenters. The van der Waals surface area contributed by atoms with Crippen molar-refractivity contribution in [3.05, 3.63) is 63.8 Å². The molecule has 5 rings (SSSR count). The van der Waals surface area contributed by atoms with Gasteiger partial charge in [0, 0.05) is 34.5 Å². The van der Waals surface area contributed by atoms with Gasteiger partial charge in [-0.15, -0.1) is 0 Å². The average molecular weight is 547 g/mol. The fourth-order valence-electron chi connectivity index (χ4n) is 4.67. The van der Waals surface area contributed by atoms with Gasteiger partial charge in [-0.05, 0) is 42.2 Å². The van der Waals surface area contributed by atoms with E-state index < -0.39 is 22.0 Å². The van der Waals surface area contributed by atoms with Gasteiger partial charge in [0.15, 0.2) is 0 Å². The number of amides is 2. The Morgan fingerprint density at radius 1 is 1.15 bits per heavy atom. The molecule has 0 bridgehead atoms. The molecule has 2 aromatic carbocycles. The SMILES string of the molecule is NC(=O)c1[nH]c2ccc(Br)cc2c1S(=O)(=O)N1CCOC(C(=O)NC2Cc3ccccc3C2)C1. The Kier molecular flexibility index (Phi) is 5.96. The van der Waals surface area contributed by atoms with Crippen LogP contribution in [0.1, 0.15) is 21.6 Å². The van der Waals surface area contributed by atoms with Crippen LogP contribution in [0.5, 0.6) is 0 Å². The molecular weight excluding hydrogens is 524 g/mol. The lowest BCUT2D eigenvalue weighted by Crippen LogP contribution is -2.53. The van der Waals surface area contributed by atoms with Crippen LogP contribution in [0.4, 0.5) is 0 Å². The zero-order chi connectivity index (χ0) is 24.0. The highest BCUT2D eigenvalue weighted by Gasteiger charge is 2.38. The van der Waals surface area contributed by atoms with E-state index in [0.717, 1.165) is 12.8 Å². The summed E-state index contributed by atoms with van der Waals surface area (Å²) in [6, 6.07) is 13.0. The molecule has 34 heavy (non-hydrogen) atoms. The number of carbonyl (C=O) groups excluding carboxylic acids is 2. The molecule has 1 fully saturated rings. The Labute approximate surface area is 204 Å². The van der Waals surface area contributed by atoms with Gasteiger partial charge in [-0.3, -0.25) is 9.59 Å². The van der Waals surface area contributed by atoms with E-state index in [0.29, 0.717) is 15.4 Å². The fourth-order valence-corrected chi connectivity index (χ4v) is 6.79. The van der Waals surface area contributed by atoms with Crippen molar-refractivity contribution in [3.63, 3.8) is 0 Å². The number of rotatable bonds is 5. The van der Waals surface area contributed by atoms with Crippen LogP contribution < -0.4 is 11.1 Å². The maximum absolute atomic E-state index is 13.7. The second-order valence-corrected chi connectivity index (χ2v) is 11.3. The van der Waals surface area contributed by atoms with Crippen molar-refractivity contribution in [3.8, 4) is 0 Å². The summed E-state index contributed by atoms with van der Waals surface area (Å²) in [5, 5.41) is 3.34. The van der Waals surface area contributed by atoms with Crippen molar-refractivity contribution in [2.24, 2.45) is 5.73 Å². The summed E-state index contributed by atoms with van der Waals surface area (Å²) in [4.78, 5) is 27.6. The van der Waals surface area contributed by atoms with Crippen LogP contribution in [-0.4, -0.2) is 61.4 Å². The smallest absolute Gasteiger partial charge is 0.266 e. The van der Waals surface area contributed by atoms with Gasteiger partial charge in [0.1, 0.15) is 16.7 Å². The second-order valence-electron chi connectivity index (χ2n) is 8.49. The van der Waals surface area contributed by atoms with Gasteiger partial charge in [-0.25, -0.2) is 8.42 Å². The number of hydrogen-bond acceptors (Lipinski definition) is 5. The molecule has 1 aliphatic carbocycles. The largest absolute Gasteiger partial charge is 0.366 e. The van der Waals surface area contributed by atoms with Gasteiger partial charge in [0.25, 0.3) is 11.8 Å². The summed E-state index contributed by atoms with van der Waals surface area (Å²) in [7, 11) is -4.15. The maximum atomic E-state index is 13.7. The predicted octanol–water partition coefficient (Wildman–Crippen LogP) is 1.70. The molecule has 178 valence electrons. The molecule has 1 atom stereocenters. The molecule has 2 amide bonds. The van der Waals surface area contributed by atoms with E-state index in [2.05, 4.69) is 26.2 Å². The Bertz CT molecular complexity index is 1380. The topological polar surface area (TPSA) is 135 Å². The number of aromatic amines is 1. The summed E-state index contributed by atoms with van der Waals surface area (Å²) in [5.41, 5.74) is 8.17. The minimum Gasteiger partial charge on any atom is -0.366 e. The van der Waals surface area contributed by atoms with E-state index in [4.69, 9.17) is 10.5 Å². The Hall–Kier alpha value is -2.73. The summed E-state index contributed by atoms with van der Waals surface area (Å²) in [5.74, 6) is -1.23. The zero-order valence-electron chi connectivity index (χ0n) is 18.1. The summed E-state index contributed by atoms with van der Waals surface area (Å²) in [6.07, 6.45) is 0.493. The normalized spacial score (nSPS) is 19.3. The van der Waals surface area contributed by atoms with Crippen LogP contribution >= 0.6 is 15.9 Å². The second kappa shape index (κ2) is 8.81. The molecular formula is C23H23BrN4O5S. The molecule has 4 N–H and O–H groups in total. The van der Waals surface area contributed by atoms with E-state index in [-0.39, 0.29) is 42.2 Å². The number of aromatic nitrogens is 1. The number of sulfonamides is 1. The van der Waals surface area contributed by atoms with Crippen molar-refractivity contribution in [2.75, 3.05) is 19.7 Å². The summed E-state index contributed by atoms with van der Waals surface area (Å²) >= 11 is 3.35. The molecule has 1 saturated heterocycles. The average Bonchev–Trinajstić information content (AvgIpc) is 3.40. The van der Waals surface area contributed by atoms with Crippen LogP contribution in [0.2, 0.25) is 0 Å². The highest BCUT2D eigenvalue weighted by molar-refractivity contribution is 9.10. The first-order valence-corrected chi connectivity index (χ1v) is 13.1. The Morgan fingerprint density at radius 2 is 1.85 bits per heavy atom. The van der Waals surface area contributed by atoms with Gasteiger partial charge < -0.3 is 20.8 Å². The number of nitrogens with one attached hydrogen (secondary N) is 2. The van der Waals surface area contributed by atoms with Crippen molar-refractivity contribution in [2.45, 2.75) is 29.9 Å². The highest BCUT2D eigenvalue weighted by atomic mass is 79.9. The number of nitrogens with two attached hydrogens (primary N) is 1. The van der Waals surface area contributed by atoms with Crippen LogP contribution in [0.15, 0.2) is 51.8 Å². The number of hydrogen-bond donors (Lipinski definition) is 3. The predicted molar refractivity (Wildman–Crippen MR) is 129 cm³/mol. The molecule has 2 heterocycles. The number of H-pyrrole nitrogens is 1. The van der Waals surface area contributed by atoms with E-state index >= 15 is 0 Å². The van der Waals surface area contributed by atoms with Crippen molar-refractivity contribution < 1.29 is 22.7 Å². The number of morpholine rings is 1. The van der Waals surface area contributed by atoms with E-state index in [1.165, 1.54) is 15.4 Å². The molecule has 0 saturated carbocycles. The molecule has 0 radical (unpaired) electrons. The van der Waals surface area contributed by atoms with Crippen LogP contribution in [0, 0.1) is 0 Å². The lowest BCUT2D eigenvalue weighted by atomic mass is 10.1. The number of benzene rings is 2. The quantitative estimate of drug-likeness (QED) is 0.447. The molecule has 2 aliphatic rings. The van der Waals surface area contributed by atoms with Crippen molar-refractivity contribution in [1.82, 2.24) is 14.6 Å². The van der Waals surface area contributed by atoms with E-state index in [1.54, 1.807) is 18.2 Å². The van der Waals surface area contributed by atoms with Crippen LogP contribution in [0.3, 0.4) is 0 Å². The van der Waals surface area contributed by atoms with Gasteiger partial charge in [0.2, 0.25) is 10.0 Å². The molecule has 1 aliphatic heterocycles. The number of primary amides is 1. The van der Waals surface area contributed by atoms with Gasteiger partial charge in [0.05, 0.1) is 6.61 Å². The third kappa shape index (κ3) is 4.13. The maximum Gasteiger partial charge on any atom is 0.266 e. The van der Waals surface area contributed by atoms with Gasteiger partial charge in [-0.1, -0.05) is 40.2 Å². The van der Waals surface area contributed by atoms with Crippen molar-refractivity contribution >= 4 is 48.7 Å². The summed E-state index contributed by atoms with van der Waals surface area (Å²) < 4.78 is 34.8. The first-order valence-electron chi connectivity index (χ1n) is 10.8. The summed E-state index contributed by atoms with van der Waals surface area (Å²) in [6.45, 7) is -0.0489. The lowest BCUT2D eigenvalue weighted by Gasteiger charge is -2.32. The number of halogens is 1. The monoisotopic (exact) mass is 546 g/mol. The molecule has 9 nitrogen and oxygen atoms in total. The third-order valence-electron chi connectivity index (χ3n) is 6.28. The van der Waals surface area contributed by atoms with E-state index in [1.807, 2.05) is 24.3 Å². The molecule has 0 spiro atoms. The van der Waals surface area contributed by atoms with Crippen molar-refractivity contribution in [1.29, 1.82) is 0 Å². The third-order valence-corrected chi connectivity index (χ3v) is 8.72. The first-order chi connectivity index (χ1) is 16.2. The Morgan fingerprint density at radius 3 is 2.53 bits per heavy atom. The van der Waals surface area contributed by atoms with E-state index in [9.17, 15) is 18.0 Å². The molecule has 1 aromatic heterocycles. The number of carbonyl (C=O) groups is 2. The minimum absolute atomic E-state index is 0.0554. The van der Waals surface area contributed by atoms with Gasteiger partial charge in [-0.2, -0.15) is 4.31 Å². The molecule has 3 aromatic rings. The highest BCUT2D eigenvalue weighted by Crippen LogP contribution is 2.32. The lowest BCUT2D eigenvalue weighted by molar-refractivity contribution is -0.136. The number of fused-ring (bicyclic) bond motifs is 2. The van der Waals surface area contributed by atoms with Crippen LogP contribution in [0.25, 0.3) is 10.9 Å².